The molecule has 8 heteroatoms. The summed E-state index contributed by atoms with van der Waals surface area (Å²) in [4.78, 5) is 22.5. The van der Waals surface area contributed by atoms with Crippen LogP contribution in [0.1, 0.15) is 23.6 Å². The van der Waals surface area contributed by atoms with Gasteiger partial charge in [-0.25, -0.2) is 4.39 Å². The van der Waals surface area contributed by atoms with Gasteiger partial charge in [0.15, 0.2) is 0 Å². The van der Waals surface area contributed by atoms with Crippen molar-refractivity contribution in [2.45, 2.75) is 25.8 Å². The lowest BCUT2D eigenvalue weighted by Gasteiger charge is -2.34. The number of hydrogen-bond acceptors (Lipinski definition) is 6. The Morgan fingerprint density at radius 3 is 2.66 bits per heavy atom. The van der Waals surface area contributed by atoms with Crippen molar-refractivity contribution in [3.8, 4) is 11.4 Å². The maximum absolute atomic E-state index is 13.0. The number of piperazine rings is 1. The number of benzene rings is 1. The second-order valence-electron chi connectivity index (χ2n) is 7.11. The summed E-state index contributed by atoms with van der Waals surface area (Å²) in [5.41, 5.74) is 0.706. The molecular formula is C21H23FN4O2S. The van der Waals surface area contributed by atoms with Crippen molar-refractivity contribution in [2.75, 3.05) is 26.2 Å². The second-order valence-corrected chi connectivity index (χ2v) is 8.14. The maximum atomic E-state index is 13.0. The third-order valence-electron chi connectivity index (χ3n) is 5.04. The van der Waals surface area contributed by atoms with E-state index in [0.29, 0.717) is 36.5 Å². The molecule has 1 aliphatic rings. The summed E-state index contributed by atoms with van der Waals surface area (Å²) in [6, 6.07) is 10.2. The largest absolute Gasteiger partial charge is 0.340 e. The first-order valence-electron chi connectivity index (χ1n) is 9.78. The Bertz CT molecular complexity index is 919. The number of carbonyl (C=O) groups excluding carboxylic acids is 1. The average Bonchev–Trinajstić information content (AvgIpc) is 3.41. The number of rotatable bonds is 7. The summed E-state index contributed by atoms with van der Waals surface area (Å²) in [5.74, 6) is 0.813. The maximum Gasteiger partial charge on any atom is 0.226 e. The molecule has 0 saturated carbocycles. The smallest absolute Gasteiger partial charge is 0.226 e. The molecule has 1 amide bonds. The Balaban J connectivity index is 1.19. The van der Waals surface area contributed by atoms with Gasteiger partial charge in [0.2, 0.25) is 17.6 Å². The van der Waals surface area contributed by atoms with Gasteiger partial charge in [-0.1, -0.05) is 11.2 Å². The lowest BCUT2D eigenvalue weighted by atomic mass is 10.2. The van der Waals surface area contributed by atoms with Crippen molar-refractivity contribution in [3.05, 3.63) is 58.4 Å². The predicted octanol–water partition coefficient (Wildman–Crippen LogP) is 3.60. The molecule has 0 atom stereocenters. The molecule has 0 aliphatic carbocycles. The van der Waals surface area contributed by atoms with Gasteiger partial charge < -0.3 is 9.42 Å². The summed E-state index contributed by atoms with van der Waals surface area (Å²) in [5, 5.41) is 6.03. The Morgan fingerprint density at radius 1 is 1.14 bits per heavy atom. The van der Waals surface area contributed by atoms with Gasteiger partial charge in [-0.3, -0.25) is 9.69 Å². The van der Waals surface area contributed by atoms with Gasteiger partial charge >= 0.3 is 0 Å². The Morgan fingerprint density at radius 2 is 1.93 bits per heavy atom. The fourth-order valence-corrected chi connectivity index (χ4v) is 4.15. The van der Waals surface area contributed by atoms with Crippen LogP contribution in [-0.4, -0.2) is 52.0 Å². The van der Waals surface area contributed by atoms with Crippen molar-refractivity contribution in [1.29, 1.82) is 0 Å². The standard InChI is InChI=1S/C21H23FN4O2S/c22-17-8-6-16(7-9-17)21-23-19(28-24-21)4-1-5-20(27)26-12-10-25(11-13-26)15-18-3-2-14-29-18/h2-3,6-9,14H,1,4-5,10-13,15H2. The van der Waals surface area contributed by atoms with Gasteiger partial charge in [-0.2, -0.15) is 4.98 Å². The van der Waals surface area contributed by atoms with Crippen LogP contribution in [0, 0.1) is 5.82 Å². The first-order chi connectivity index (χ1) is 14.2. The number of amides is 1. The highest BCUT2D eigenvalue weighted by Gasteiger charge is 2.21. The molecule has 152 valence electrons. The van der Waals surface area contributed by atoms with Crippen molar-refractivity contribution in [3.63, 3.8) is 0 Å². The molecule has 1 saturated heterocycles. The Labute approximate surface area is 172 Å². The number of thiophene rings is 1. The highest BCUT2D eigenvalue weighted by Crippen LogP contribution is 2.17. The molecule has 0 spiro atoms. The van der Waals surface area contributed by atoms with Gasteiger partial charge in [0.1, 0.15) is 5.82 Å². The SMILES string of the molecule is O=C(CCCc1nc(-c2ccc(F)cc2)no1)N1CCN(Cc2cccs2)CC1. The molecule has 0 radical (unpaired) electrons. The number of carbonyl (C=O) groups is 1. The highest BCUT2D eigenvalue weighted by atomic mass is 32.1. The van der Waals surface area contributed by atoms with Crippen molar-refractivity contribution >= 4 is 17.2 Å². The van der Waals surface area contributed by atoms with E-state index in [1.165, 1.54) is 17.0 Å². The zero-order valence-electron chi connectivity index (χ0n) is 16.1. The predicted molar refractivity (Wildman–Crippen MR) is 109 cm³/mol. The van der Waals surface area contributed by atoms with Crippen molar-refractivity contribution < 1.29 is 13.7 Å². The van der Waals surface area contributed by atoms with Gasteiger partial charge in [-0.15, -0.1) is 11.3 Å². The van der Waals surface area contributed by atoms with Crippen molar-refractivity contribution in [1.82, 2.24) is 19.9 Å². The monoisotopic (exact) mass is 414 g/mol. The van der Waals surface area contributed by atoms with Gasteiger partial charge in [0.05, 0.1) is 0 Å². The Hall–Kier alpha value is -2.58. The van der Waals surface area contributed by atoms with E-state index in [1.54, 1.807) is 23.5 Å². The van der Waals surface area contributed by atoms with E-state index in [2.05, 4.69) is 32.6 Å². The summed E-state index contributed by atoms with van der Waals surface area (Å²) >= 11 is 1.77. The number of halogens is 1. The van der Waals surface area contributed by atoms with E-state index in [9.17, 15) is 9.18 Å². The van der Waals surface area contributed by atoms with E-state index < -0.39 is 0 Å². The average molecular weight is 415 g/mol. The molecule has 3 heterocycles. The van der Waals surface area contributed by atoms with Crippen LogP contribution >= 0.6 is 11.3 Å². The zero-order chi connectivity index (χ0) is 20.1. The fraction of sp³-hybridized carbons (Fsp3) is 0.381. The normalized spacial score (nSPS) is 15.0. The van der Waals surface area contributed by atoms with E-state index in [4.69, 9.17) is 4.52 Å². The molecule has 0 unspecified atom stereocenters. The third kappa shape index (κ3) is 5.27. The van der Waals surface area contributed by atoms with Crippen LogP contribution in [0.4, 0.5) is 4.39 Å². The molecule has 1 aliphatic heterocycles. The minimum absolute atomic E-state index is 0.180. The van der Waals surface area contributed by atoms with Crippen LogP contribution in [-0.2, 0) is 17.8 Å². The van der Waals surface area contributed by atoms with Crippen molar-refractivity contribution in [2.24, 2.45) is 0 Å². The molecule has 1 aromatic carbocycles. The van der Waals surface area contributed by atoms with Gasteiger partial charge in [-0.05, 0) is 42.1 Å². The zero-order valence-corrected chi connectivity index (χ0v) is 16.9. The van der Waals surface area contributed by atoms with E-state index in [1.807, 2.05) is 4.90 Å². The molecule has 1 fully saturated rings. The fourth-order valence-electron chi connectivity index (χ4n) is 3.40. The molecular weight excluding hydrogens is 391 g/mol. The topological polar surface area (TPSA) is 62.5 Å². The van der Waals surface area contributed by atoms with Crippen LogP contribution < -0.4 is 0 Å². The first kappa shape index (κ1) is 19.7. The molecule has 6 nitrogen and oxygen atoms in total. The summed E-state index contributed by atoms with van der Waals surface area (Å²) in [6.45, 7) is 4.34. The summed E-state index contributed by atoms with van der Waals surface area (Å²) in [7, 11) is 0. The third-order valence-corrected chi connectivity index (χ3v) is 5.90. The second kappa shape index (κ2) is 9.28. The quantitative estimate of drug-likeness (QED) is 0.591. The van der Waals surface area contributed by atoms with E-state index in [0.717, 1.165) is 32.7 Å². The van der Waals surface area contributed by atoms with Gasteiger partial charge in [0, 0.05) is 56.0 Å². The van der Waals surface area contributed by atoms with Gasteiger partial charge in [0.25, 0.3) is 0 Å². The number of hydrogen-bond donors (Lipinski definition) is 0. The van der Waals surface area contributed by atoms with Crippen LogP contribution in [0.2, 0.25) is 0 Å². The molecule has 2 aromatic heterocycles. The Kier molecular flexibility index (Phi) is 6.31. The molecule has 3 aromatic rings. The minimum atomic E-state index is -0.302. The molecule has 0 bridgehead atoms. The van der Waals surface area contributed by atoms with Crippen LogP contribution in [0.3, 0.4) is 0 Å². The van der Waals surface area contributed by atoms with Crippen LogP contribution in [0.25, 0.3) is 11.4 Å². The summed E-state index contributed by atoms with van der Waals surface area (Å²) < 4.78 is 18.3. The van der Waals surface area contributed by atoms with E-state index >= 15 is 0 Å². The first-order valence-corrected chi connectivity index (χ1v) is 10.7. The summed E-state index contributed by atoms with van der Waals surface area (Å²) in [6.07, 6.45) is 1.69. The number of aryl methyl sites for hydroxylation is 1. The molecule has 0 N–H and O–H groups in total. The number of nitrogens with zero attached hydrogens (tertiary/aromatic N) is 4. The highest BCUT2D eigenvalue weighted by molar-refractivity contribution is 7.09. The lowest BCUT2D eigenvalue weighted by molar-refractivity contribution is -0.133. The molecule has 29 heavy (non-hydrogen) atoms. The minimum Gasteiger partial charge on any atom is -0.340 e. The van der Waals surface area contributed by atoms with Crippen LogP contribution in [0.5, 0.6) is 0 Å². The number of aromatic nitrogens is 2. The van der Waals surface area contributed by atoms with E-state index in [-0.39, 0.29) is 11.7 Å². The molecule has 4 rings (SSSR count). The van der Waals surface area contributed by atoms with Crippen LogP contribution in [0.15, 0.2) is 46.3 Å². The lowest BCUT2D eigenvalue weighted by Crippen LogP contribution is -2.48.